The lowest BCUT2D eigenvalue weighted by atomic mass is 9.94. The molecule has 0 amide bonds. The molecule has 8 rings (SSSR count). The highest BCUT2D eigenvalue weighted by Crippen LogP contribution is 2.47. The van der Waals surface area contributed by atoms with Gasteiger partial charge in [-0.3, -0.25) is 9.80 Å². The summed E-state index contributed by atoms with van der Waals surface area (Å²) in [6, 6.07) is 3.11. The van der Waals surface area contributed by atoms with E-state index in [1.807, 2.05) is 4.90 Å². The van der Waals surface area contributed by atoms with Crippen LogP contribution in [0, 0.1) is 11.6 Å². The highest BCUT2D eigenvalue weighted by atomic mass is 32.1. The first-order chi connectivity index (χ1) is 22.5. The summed E-state index contributed by atoms with van der Waals surface area (Å²) in [4.78, 5) is 19.5. The number of nitrogens with two attached hydrogens (primary N) is 1. The van der Waals surface area contributed by atoms with Crippen LogP contribution < -0.4 is 15.4 Å². The highest BCUT2D eigenvalue weighted by Gasteiger charge is 2.49. The van der Waals surface area contributed by atoms with Gasteiger partial charge in [-0.15, -0.1) is 0 Å². The van der Waals surface area contributed by atoms with Crippen LogP contribution in [-0.4, -0.2) is 87.9 Å². The van der Waals surface area contributed by atoms with Crippen molar-refractivity contribution < 1.29 is 31.1 Å². The number of ether oxygens (including phenoxy) is 1. The molecule has 0 spiro atoms. The van der Waals surface area contributed by atoms with Gasteiger partial charge < -0.3 is 15.4 Å². The smallest absolute Gasteiger partial charge is 0.417 e. The van der Waals surface area contributed by atoms with Gasteiger partial charge in [-0.05, 0) is 57.0 Å². The molecule has 0 radical (unpaired) electrons. The molecule has 2 aromatic carbocycles. The molecule has 0 saturated carbocycles. The molecule has 4 aromatic rings. The van der Waals surface area contributed by atoms with E-state index in [0.717, 1.165) is 68.3 Å². The maximum atomic E-state index is 16.9. The number of hydrogen-bond donors (Lipinski definition) is 1. The number of thiazole rings is 1. The zero-order valence-corrected chi connectivity index (χ0v) is 26.4. The Hall–Kier alpha value is -3.43. The van der Waals surface area contributed by atoms with E-state index < -0.39 is 40.6 Å². The normalized spacial score (nSPS) is 26.6. The van der Waals surface area contributed by atoms with E-state index in [0.29, 0.717) is 26.1 Å². The number of piperazine rings is 1. The van der Waals surface area contributed by atoms with Crippen LogP contribution in [0.1, 0.15) is 44.6 Å². The van der Waals surface area contributed by atoms with Crippen molar-refractivity contribution in [3.63, 3.8) is 0 Å². The molecule has 47 heavy (non-hydrogen) atoms. The molecule has 2 bridgehead atoms. The molecule has 2 aromatic heterocycles. The predicted molar refractivity (Wildman–Crippen MR) is 167 cm³/mol. The molecule has 4 aliphatic rings. The fraction of sp³-hybridized carbons (Fsp3) is 0.531. The van der Waals surface area contributed by atoms with E-state index in [4.69, 9.17) is 10.5 Å². The summed E-state index contributed by atoms with van der Waals surface area (Å²) >= 11 is 0.769. The first kappa shape index (κ1) is 30.9. The zero-order chi connectivity index (χ0) is 32.8. The second kappa shape index (κ2) is 11.1. The molecular formula is C32H33F6N7OS. The number of alkyl halides is 4. The average molecular weight is 678 g/mol. The van der Waals surface area contributed by atoms with Crippen LogP contribution in [0.4, 0.5) is 37.3 Å². The number of halogens is 6. The van der Waals surface area contributed by atoms with Crippen molar-refractivity contribution in [1.82, 2.24) is 24.8 Å². The number of anilines is 2. The van der Waals surface area contributed by atoms with E-state index in [1.165, 1.54) is 0 Å². The third-order valence-corrected chi connectivity index (χ3v) is 11.4. The summed E-state index contributed by atoms with van der Waals surface area (Å²) in [6.45, 7) is 5.04. The zero-order valence-electron chi connectivity index (χ0n) is 25.6. The topological polar surface area (TPSA) is 83.6 Å². The van der Waals surface area contributed by atoms with Crippen molar-refractivity contribution in [2.75, 3.05) is 50.0 Å². The van der Waals surface area contributed by atoms with Gasteiger partial charge in [-0.1, -0.05) is 18.3 Å². The summed E-state index contributed by atoms with van der Waals surface area (Å²) in [5.41, 5.74) is 2.44. The van der Waals surface area contributed by atoms with Crippen LogP contribution in [0.15, 0.2) is 18.2 Å². The molecule has 2 unspecified atom stereocenters. The third kappa shape index (κ3) is 4.98. The Morgan fingerprint density at radius 3 is 2.55 bits per heavy atom. The lowest BCUT2D eigenvalue weighted by Crippen LogP contribution is -2.53. The van der Waals surface area contributed by atoms with Gasteiger partial charge >= 0.3 is 12.2 Å². The predicted octanol–water partition coefficient (Wildman–Crippen LogP) is 6.41. The Morgan fingerprint density at radius 2 is 1.83 bits per heavy atom. The van der Waals surface area contributed by atoms with Gasteiger partial charge in [0, 0.05) is 54.7 Å². The van der Waals surface area contributed by atoms with Gasteiger partial charge in [0.2, 0.25) is 0 Å². The minimum atomic E-state index is -4.99. The monoisotopic (exact) mass is 677 g/mol. The van der Waals surface area contributed by atoms with Crippen molar-refractivity contribution in [2.45, 2.75) is 69.0 Å². The summed E-state index contributed by atoms with van der Waals surface area (Å²) in [5, 5.41) is -0.165. The van der Waals surface area contributed by atoms with Gasteiger partial charge in [0.15, 0.2) is 10.9 Å². The van der Waals surface area contributed by atoms with Crippen LogP contribution in [0.25, 0.3) is 32.2 Å². The van der Waals surface area contributed by atoms with Crippen molar-refractivity contribution in [3.05, 3.63) is 35.4 Å². The molecule has 8 nitrogen and oxygen atoms in total. The number of benzene rings is 2. The molecule has 4 aliphatic heterocycles. The molecule has 4 atom stereocenters. The summed E-state index contributed by atoms with van der Waals surface area (Å²) in [7, 11) is 0. The van der Waals surface area contributed by atoms with E-state index in [-0.39, 0.29) is 62.3 Å². The summed E-state index contributed by atoms with van der Waals surface area (Å²) < 4.78 is 96.7. The fourth-order valence-electron chi connectivity index (χ4n) is 8.50. The number of rotatable bonds is 6. The molecule has 250 valence electrons. The van der Waals surface area contributed by atoms with Gasteiger partial charge in [-0.25, -0.2) is 18.2 Å². The molecule has 4 fully saturated rings. The maximum absolute atomic E-state index is 16.9. The first-order valence-corrected chi connectivity index (χ1v) is 16.8. The van der Waals surface area contributed by atoms with Crippen LogP contribution in [-0.2, 0) is 6.18 Å². The van der Waals surface area contributed by atoms with Gasteiger partial charge in [0.25, 0.3) is 0 Å². The molecule has 2 N–H and O–H groups in total. The summed E-state index contributed by atoms with van der Waals surface area (Å²) in [6.07, 6.45) is -2.21. The largest absolute Gasteiger partial charge is 0.461 e. The molecular weight excluding hydrogens is 644 g/mol. The quantitative estimate of drug-likeness (QED) is 0.235. The van der Waals surface area contributed by atoms with Crippen molar-refractivity contribution in [3.8, 4) is 17.1 Å². The Morgan fingerprint density at radius 1 is 1.06 bits per heavy atom. The molecule has 6 heterocycles. The van der Waals surface area contributed by atoms with Gasteiger partial charge in [0.1, 0.15) is 29.9 Å². The van der Waals surface area contributed by atoms with Crippen molar-refractivity contribution in [1.29, 1.82) is 0 Å². The van der Waals surface area contributed by atoms with E-state index in [2.05, 4.69) is 31.7 Å². The van der Waals surface area contributed by atoms with Crippen LogP contribution in [0.3, 0.4) is 0 Å². The van der Waals surface area contributed by atoms with Crippen LogP contribution in [0.5, 0.6) is 6.01 Å². The molecule has 15 heteroatoms. The average Bonchev–Trinajstić information content (AvgIpc) is 3.75. The Labute approximate surface area is 270 Å². The summed E-state index contributed by atoms with van der Waals surface area (Å²) in [5.74, 6) is -1.81. The second-order valence-electron chi connectivity index (χ2n) is 13.1. The standard InChI is InChI=1S/C32H33F6N7OS/c1-2-45-17-4-5-18(45)14-43(13-17)28-20-10-21(32(36,37)38)23(19-6-7-22(34)27-26(19)40-29(39)47-27)24(35)25(20)41-30(42-28)46-15-31-8-3-9-44(31)12-16(33)11-31/h6-7,10,16-18H,2-5,8-9,11-15H2,1H3,(H2,39,40)/t16-,17?,18?,31+/m1/s1. The highest BCUT2D eigenvalue weighted by molar-refractivity contribution is 7.22. The van der Waals surface area contributed by atoms with Crippen LogP contribution in [0.2, 0.25) is 0 Å². The minimum absolute atomic E-state index is 0.0648. The van der Waals surface area contributed by atoms with Gasteiger partial charge in [0.05, 0.1) is 21.3 Å². The Balaban J connectivity index is 1.31. The maximum Gasteiger partial charge on any atom is 0.417 e. The fourth-order valence-corrected chi connectivity index (χ4v) is 9.27. The Bertz CT molecular complexity index is 1870. The number of hydrogen-bond acceptors (Lipinski definition) is 9. The SMILES string of the molecule is CCN1C2CCC1CN(c1nc(OC[C@@]34CCCN3C[C@H](F)C4)nc3c(F)c(-c4ccc(F)c5sc(N)nc45)c(C(F)(F)F)cc13)C2. The van der Waals surface area contributed by atoms with E-state index in [1.54, 1.807) is 0 Å². The number of aromatic nitrogens is 3. The number of nitrogen functional groups attached to an aromatic ring is 1. The van der Waals surface area contributed by atoms with E-state index >= 15 is 4.39 Å². The van der Waals surface area contributed by atoms with Crippen molar-refractivity contribution in [2.24, 2.45) is 0 Å². The lowest BCUT2D eigenvalue weighted by Gasteiger charge is -2.41. The molecule has 0 aliphatic carbocycles. The van der Waals surface area contributed by atoms with Crippen LogP contribution >= 0.6 is 11.3 Å². The first-order valence-electron chi connectivity index (χ1n) is 15.9. The molecule has 4 saturated heterocycles. The Kier molecular flexibility index (Phi) is 7.26. The lowest BCUT2D eigenvalue weighted by molar-refractivity contribution is -0.137. The number of likely N-dealkylation sites (N-methyl/N-ethyl adjacent to an activating group) is 1. The van der Waals surface area contributed by atoms with Crippen molar-refractivity contribution >= 4 is 43.4 Å². The minimum Gasteiger partial charge on any atom is -0.461 e. The number of nitrogens with zero attached hydrogens (tertiary/aromatic N) is 6. The van der Waals surface area contributed by atoms with Gasteiger partial charge in [-0.2, -0.15) is 23.1 Å². The number of fused-ring (bicyclic) bond motifs is 5. The van der Waals surface area contributed by atoms with E-state index in [9.17, 15) is 22.0 Å². The second-order valence-corrected chi connectivity index (χ2v) is 14.2. The third-order valence-electron chi connectivity index (χ3n) is 10.5.